The van der Waals surface area contributed by atoms with E-state index in [1.54, 1.807) is 36.9 Å². The van der Waals surface area contributed by atoms with Crippen LogP contribution in [0.15, 0.2) is 67.3 Å². The number of carbonyl (C=O) groups is 1. The lowest BCUT2D eigenvalue weighted by Crippen LogP contribution is -2.43. The first-order valence-electron chi connectivity index (χ1n) is 12.4. The predicted molar refractivity (Wildman–Crippen MR) is 149 cm³/mol. The minimum Gasteiger partial charge on any atom is -0.354 e. The Morgan fingerprint density at radius 2 is 1.87 bits per heavy atom. The van der Waals surface area contributed by atoms with E-state index in [1.165, 1.54) is 6.08 Å². The monoisotopic (exact) mass is 510 g/mol. The Hall–Kier alpha value is -4.48. The summed E-state index contributed by atoms with van der Waals surface area (Å²) in [6, 6.07) is 9.36. The highest BCUT2D eigenvalue weighted by Crippen LogP contribution is 2.26. The van der Waals surface area contributed by atoms with E-state index in [0.717, 1.165) is 43.1 Å². The topological polar surface area (TPSA) is 124 Å². The van der Waals surface area contributed by atoms with Gasteiger partial charge in [0.1, 0.15) is 17.0 Å². The predicted octanol–water partition coefficient (Wildman–Crippen LogP) is 2.69. The molecule has 0 aromatic carbocycles. The van der Waals surface area contributed by atoms with Crippen LogP contribution in [0, 0.1) is 0 Å². The van der Waals surface area contributed by atoms with Gasteiger partial charge in [-0.25, -0.2) is 15.0 Å². The highest BCUT2D eigenvalue weighted by Gasteiger charge is 2.13. The third kappa shape index (κ3) is 6.25. The summed E-state index contributed by atoms with van der Waals surface area (Å²) in [5, 5.41) is 10.3. The smallest absolute Gasteiger partial charge is 0.248 e. The van der Waals surface area contributed by atoms with Gasteiger partial charge in [-0.3, -0.25) is 14.8 Å². The molecule has 11 nitrogen and oxygen atoms in total. The van der Waals surface area contributed by atoms with Gasteiger partial charge in [-0.05, 0) is 44.4 Å². The van der Waals surface area contributed by atoms with Crippen molar-refractivity contribution in [2.45, 2.75) is 0 Å². The first-order chi connectivity index (χ1) is 18.5. The molecule has 4 aromatic rings. The van der Waals surface area contributed by atoms with E-state index < -0.39 is 0 Å². The van der Waals surface area contributed by atoms with Crippen LogP contribution in [-0.2, 0) is 4.79 Å². The maximum Gasteiger partial charge on any atom is 0.248 e. The summed E-state index contributed by atoms with van der Waals surface area (Å²) >= 11 is 0. The molecule has 1 saturated heterocycles. The molecule has 1 fully saturated rings. The van der Waals surface area contributed by atoms with Gasteiger partial charge in [0, 0.05) is 68.5 Å². The van der Waals surface area contributed by atoms with Crippen molar-refractivity contribution in [1.29, 1.82) is 0 Å². The average Bonchev–Trinajstić information content (AvgIpc) is 2.93. The van der Waals surface area contributed by atoms with Crippen LogP contribution in [0.1, 0.15) is 0 Å². The van der Waals surface area contributed by atoms with Crippen molar-refractivity contribution >= 4 is 40.0 Å². The molecular weight excluding hydrogens is 480 g/mol. The maximum atomic E-state index is 12.3. The van der Waals surface area contributed by atoms with Gasteiger partial charge in [0.2, 0.25) is 11.9 Å². The number of anilines is 4. The molecule has 4 aromatic heterocycles. The average molecular weight is 511 g/mol. The number of likely N-dealkylation sites (N-methyl/N-ethyl adjacent to an activating group) is 1. The van der Waals surface area contributed by atoms with Crippen molar-refractivity contribution in [2.75, 3.05) is 62.4 Å². The molecule has 0 spiro atoms. The summed E-state index contributed by atoms with van der Waals surface area (Å²) in [7, 11) is 3.89. The number of rotatable bonds is 8. The quantitative estimate of drug-likeness (QED) is 0.305. The molecule has 194 valence electrons. The Morgan fingerprint density at radius 1 is 1.03 bits per heavy atom. The summed E-state index contributed by atoms with van der Waals surface area (Å²) in [6.07, 6.45) is 10.2. The number of pyridine rings is 3. The second kappa shape index (κ2) is 11.7. The SMILES string of the molecule is CN(C)CC=CC(=O)Nc1ccnc(-c2nccc3cnc(Nc4ccc(N5CCNCC5)nc4)nc23)c1. The molecule has 0 atom stereocenters. The van der Waals surface area contributed by atoms with E-state index in [4.69, 9.17) is 4.98 Å². The zero-order valence-corrected chi connectivity index (χ0v) is 21.4. The zero-order valence-electron chi connectivity index (χ0n) is 21.4. The molecule has 1 aliphatic rings. The van der Waals surface area contributed by atoms with Crippen LogP contribution < -0.4 is 20.9 Å². The molecule has 0 unspecified atom stereocenters. The number of hydrogen-bond acceptors (Lipinski definition) is 10. The Bertz CT molecular complexity index is 1430. The van der Waals surface area contributed by atoms with E-state index in [-0.39, 0.29) is 5.91 Å². The van der Waals surface area contributed by atoms with E-state index >= 15 is 0 Å². The van der Waals surface area contributed by atoms with Gasteiger partial charge in [-0.15, -0.1) is 0 Å². The number of hydrogen-bond donors (Lipinski definition) is 3. The number of fused-ring (bicyclic) bond motifs is 1. The van der Waals surface area contributed by atoms with E-state index in [0.29, 0.717) is 35.1 Å². The molecule has 3 N–H and O–H groups in total. The molecule has 0 aliphatic carbocycles. The van der Waals surface area contributed by atoms with Gasteiger partial charge in [0.15, 0.2) is 0 Å². The Kier molecular flexibility index (Phi) is 7.76. The largest absolute Gasteiger partial charge is 0.354 e. The lowest BCUT2D eigenvalue weighted by atomic mass is 10.1. The van der Waals surface area contributed by atoms with Gasteiger partial charge < -0.3 is 25.8 Å². The Balaban J connectivity index is 1.35. The lowest BCUT2D eigenvalue weighted by Gasteiger charge is -2.28. The molecule has 11 heteroatoms. The van der Waals surface area contributed by atoms with Gasteiger partial charge in [0.05, 0.1) is 17.6 Å². The maximum absolute atomic E-state index is 12.3. The number of aromatic nitrogens is 5. The number of piperazine rings is 1. The van der Waals surface area contributed by atoms with Crippen LogP contribution in [0.4, 0.5) is 23.1 Å². The standard InChI is InChI=1S/C27H30N10O/c1-36(2)13-3-4-24(38)33-20-8-10-29-22(16-20)26-25-19(7-9-30-26)17-32-27(35-25)34-21-5-6-23(31-18-21)37-14-11-28-12-15-37/h3-10,16-18,28H,11-15H2,1-2H3,(H,29,33,38)(H,32,34,35). The van der Waals surface area contributed by atoms with Crippen LogP contribution in [0.5, 0.6) is 0 Å². The van der Waals surface area contributed by atoms with E-state index in [2.05, 4.69) is 40.8 Å². The van der Waals surface area contributed by atoms with Crippen LogP contribution in [0.25, 0.3) is 22.3 Å². The molecule has 1 amide bonds. The minimum atomic E-state index is -0.208. The number of carbonyl (C=O) groups excluding carboxylic acids is 1. The first-order valence-corrected chi connectivity index (χ1v) is 12.4. The normalized spacial score (nSPS) is 13.8. The molecule has 5 rings (SSSR count). The molecule has 0 radical (unpaired) electrons. The van der Waals surface area contributed by atoms with Gasteiger partial charge >= 0.3 is 0 Å². The van der Waals surface area contributed by atoms with Crippen molar-refractivity contribution in [3.8, 4) is 11.4 Å². The second-order valence-electron chi connectivity index (χ2n) is 9.14. The fourth-order valence-corrected chi connectivity index (χ4v) is 4.07. The Morgan fingerprint density at radius 3 is 2.66 bits per heavy atom. The van der Waals surface area contributed by atoms with E-state index in [1.807, 2.05) is 43.3 Å². The Labute approximate surface area is 221 Å². The molecule has 5 heterocycles. The molecular formula is C27H30N10O. The van der Waals surface area contributed by atoms with Crippen molar-refractivity contribution < 1.29 is 4.79 Å². The molecule has 38 heavy (non-hydrogen) atoms. The van der Waals surface area contributed by atoms with Crippen LogP contribution in [0.2, 0.25) is 0 Å². The van der Waals surface area contributed by atoms with Gasteiger partial charge in [-0.2, -0.15) is 0 Å². The van der Waals surface area contributed by atoms with Crippen LogP contribution in [-0.4, -0.2) is 82.5 Å². The van der Waals surface area contributed by atoms with Crippen LogP contribution in [0.3, 0.4) is 0 Å². The zero-order chi connectivity index (χ0) is 26.3. The highest BCUT2D eigenvalue weighted by atomic mass is 16.1. The summed E-state index contributed by atoms with van der Waals surface area (Å²) < 4.78 is 0. The van der Waals surface area contributed by atoms with E-state index in [9.17, 15) is 4.79 Å². The highest BCUT2D eigenvalue weighted by molar-refractivity contribution is 6.00. The summed E-state index contributed by atoms with van der Waals surface area (Å²) in [4.78, 5) is 39.3. The fourth-order valence-electron chi connectivity index (χ4n) is 4.07. The third-order valence-electron chi connectivity index (χ3n) is 5.95. The van der Waals surface area contributed by atoms with Crippen LogP contribution >= 0.6 is 0 Å². The first kappa shape index (κ1) is 25.2. The van der Waals surface area contributed by atoms with Crippen molar-refractivity contribution in [1.82, 2.24) is 35.1 Å². The molecule has 0 saturated carbocycles. The molecule has 1 aliphatic heterocycles. The number of nitrogens with one attached hydrogen (secondary N) is 3. The lowest BCUT2D eigenvalue weighted by molar-refractivity contribution is -0.111. The second-order valence-corrected chi connectivity index (χ2v) is 9.14. The van der Waals surface area contributed by atoms with Crippen molar-refractivity contribution in [3.05, 3.63) is 67.3 Å². The van der Waals surface area contributed by atoms with Crippen molar-refractivity contribution in [3.63, 3.8) is 0 Å². The van der Waals surface area contributed by atoms with Crippen molar-refractivity contribution in [2.24, 2.45) is 0 Å². The van der Waals surface area contributed by atoms with Gasteiger partial charge in [-0.1, -0.05) is 6.08 Å². The summed E-state index contributed by atoms with van der Waals surface area (Å²) in [5.74, 6) is 1.17. The minimum absolute atomic E-state index is 0.208. The fraction of sp³-hybridized carbons (Fsp3) is 0.259. The molecule has 0 bridgehead atoms. The number of amides is 1. The summed E-state index contributed by atoms with van der Waals surface area (Å²) in [5.41, 5.74) is 3.25. The number of nitrogens with zero attached hydrogens (tertiary/aromatic N) is 7. The summed E-state index contributed by atoms with van der Waals surface area (Å²) in [6.45, 7) is 4.48. The van der Waals surface area contributed by atoms with Gasteiger partial charge in [0.25, 0.3) is 0 Å². The third-order valence-corrected chi connectivity index (χ3v) is 5.95.